The standard InChI is InChI=1S/C11H15N3O5/c15-8-4-3-6(9(16)13-8)12-11(19)14-5-1-2-7(14)10(17)18/h6-7H,1-5H2,(H,12,19)(H,17,18)(H,13,15,16)/t6?,7-/m0/s1. The zero-order valence-electron chi connectivity index (χ0n) is 10.2. The van der Waals surface area contributed by atoms with E-state index >= 15 is 0 Å². The van der Waals surface area contributed by atoms with E-state index in [0.717, 1.165) is 0 Å². The summed E-state index contributed by atoms with van der Waals surface area (Å²) < 4.78 is 0. The molecule has 2 aliphatic heterocycles. The van der Waals surface area contributed by atoms with Gasteiger partial charge in [0.1, 0.15) is 12.1 Å². The number of hydrogen-bond donors (Lipinski definition) is 3. The lowest BCUT2D eigenvalue weighted by molar-refractivity contribution is -0.141. The van der Waals surface area contributed by atoms with Crippen LogP contribution in [0.3, 0.4) is 0 Å². The molecule has 2 fully saturated rings. The van der Waals surface area contributed by atoms with Gasteiger partial charge in [-0.1, -0.05) is 0 Å². The van der Waals surface area contributed by atoms with Crippen molar-refractivity contribution in [3.63, 3.8) is 0 Å². The molecule has 2 saturated heterocycles. The third kappa shape index (κ3) is 2.83. The molecule has 2 rings (SSSR count). The van der Waals surface area contributed by atoms with E-state index in [2.05, 4.69) is 10.6 Å². The van der Waals surface area contributed by atoms with E-state index in [0.29, 0.717) is 19.4 Å². The summed E-state index contributed by atoms with van der Waals surface area (Å²) in [7, 11) is 0. The Morgan fingerprint density at radius 3 is 2.68 bits per heavy atom. The van der Waals surface area contributed by atoms with Gasteiger partial charge in [-0.25, -0.2) is 9.59 Å². The van der Waals surface area contributed by atoms with Gasteiger partial charge in [-0.2, -0.15) is 0 Å². The monoisotopic (exact) mass is 269 g/mol. The summed E-state index contributed by atoms with van der Waals surface area (Å²) in [4.78, 5) is 46.6. The van der Waals surface area contributed by atoms with Gasteiger partial charge in [0.15, 0.2) is 0 Å². The Kier molecular flexibility index (Phi) is 3.68. The second-order valence-electron chi connectivity index (χ2n) is 4.64. The number of aliphatic carboxylic acids is 1. The van der Waals surface area contributed by atoms with E-state index in [4.69, 9.17) is 5.11 Å². The maximum Gasteiger partial charge on any atom is 0.326 e. The largest absolute Gasteiger partial charge is 0.480 e. The Labute approximate surface area is 109 Å². The highest BCUT2D eigenvalue weighted by Crippen LogP contribution is 2.18. The third-order valence-electron chi connectivity index (χ3n) is 3.34. The first kappa shape index (κ1) is 13.3. The van der Waals surface area contributed by atoms with Crippen LogP contribution >= 0.6 is 0 Å². The minimum absolute atomic E-state index is 0.166. The quantitative estimate of drug-likeness (QED) is 0.559. The maximum absolute atomic E-state index is 11.9. The molecule has 3 N–H and O–H groups in total. The number of hydrogen-bond acceptors (Lipinski definition) is 4. The molecule has 0 bridgehead atoms. The van der Waals surface area contributed by atoms with Crippen LogP contribution in [-0.4, -0.2) is 52.4 Å². The fourth-order valence-electron chi connectivity index (χ4n) is 2.33. The molecule has 0 aliphatic carbocycles. The van der Waals surface area contributed by atoms with Crippen molar-refractivity contribution in [3.05, 3.63) is 0 Å². The molecule has 4 amide bonds. The third-order valence-corrected chi connectivity index (χ3v) is 3.34. The molecule has 0 radical (unpaired) electrons. The lowest BCUT2D eigenvalue weighted by atomic mass is 10.1. The van der Waals surface area contributed by atoms with Crippen molar-refractivity contribution >= 4 is 23.8 Å². The Morgan fingerprint density at radius 2 is 2.05 bits per heavy atom. The molecule has 8 nitrogen and oxygen atoms in total. The number of likely N-dealkylation sites (tertiary alicyclic amines) is 1. The van der Waals surface area contributed by atoms with Gasteiger partial charge in [-0.3, -0.25) is 14.9 Å². The van der Waals surface area contributed by atoms with Gasteiger partial charge in [0.25, 0.3) is 0 Å². The summed E-state index contributed by atoms with van der Waals surface area (Å²) in [6.45, 7) is 0.357. The Bertz CT molecular complexity index is 436. The first-order valence-electron chi connectivity index (χ1n) is 6.12. The van der Waals surface area contributed by atoms with Gasteiger partial charge in [-0.15, -0.1) is 0 Å². The first-order valence-corrected chi connectivity index (χ1v) is 6.12. The van der Waals surface area contributed by atoms with Crippen molar-refractivity contribution in [2.75, 3.05) is 6.54 Å². The normalized spacial score (nSPS) is 27.1. The van der Waals surface area contributed by atoms with E-state index in [-0.39, 0.29) is 18.7 Å². The number of rotatable bonds is 2. The molecule has 104 valence electrons. The second kappa shape index (κ2) is 5.25. The number of piperidine rings is 1. The minimum Gasteiger partial charge on any atom is -0.480 e. The highest BCUT2D eigenvalue weighted by Gasteiger charge is 2.36. The van der Waals surface area contributed by atoms with Gasteiger partial charge in [-0.05, 0) is 19.3 Å². The fraction of sp³-hybridized carbons (Fsp3) is 0.636. The van der Waals surface area contributed by atoms with Gasteiger partial charge in [0, 0.05) is 13.0 Å². The van der Waals surface area contributed by atoms with Gasteiger partial charge in [0.05, 0.1) is 0 Å². The van der Waals surface area contributed by atoms with E-state index < -0.39 is 30.0 Å². The SMILES string of the molecule is O=C1CCC(NC(=O)N2CCC[C@H]2C(=O)O)C(=O)N1. The van der Waals surface area contributed by atoms with E-state index in [1.165, 1.54) is 4.90 Å². The van der Waals surface area contributed by atoms with Crippen LogP contribution in [0.15, 0.2) is 0 Å². The molecule has 0 aromatic heterocycles. The number of carboxylic acids is 1. The molecule has 0 saturated carbocycles. The maximum atomic E-state index is 11.9. The molecule has 1 unspecified atom stereocenters. The molecule has 19 heavy (non-hydrogen) atoms. The topological polar surface area (TPSA) is 116 Å². The summed E-state index contributed by atoms with van der Waals surface area (Å²) in [5.41, 5.74) is 0. The van der Waals surface area contributed by atoms with E-state index in [1.54, 1.807) is 0 Å². The summed E-state index contributed by atoms with van der Waals surface area (Å²) in [6.07, 6.45) is 1.44. The van der Waals surface area contributed by atoms with Crippen molar-refractivity contribution in [2.24, 2.45) is 0 Å². The Balaban J connectivity index is 1.95. The molecule has 2 atom stereocenters. The molecular weight excluding hydrogens is 254 g/mol. The molecule has 0 aromatic carbocycles. The number of imide groups is 1. The average molecular weight is 269 g/mol. The molecule has 2 heterocycles. The van der Waals surface area contributed by atoms with E-state index in [1.807, 2.05) is 0 Å². The van der Waals surface area contributed by atoms with Crippen molar-refractivity contribution < 1.29 is 24.3 Å². The molecular formula is C11H15N3O5. The van der Waals surface area contributed by atoms with Gasteiger partial charge < -0.3 is 15.3 Å². The van der Waals surface area contributed by atoms with Crippen LogP contribution in [0.25, 0.3) is 0 Å². The van der Waals surface area contributed by atoms with Crippen LogP contribution in [0.4, 0.5) is 4.79 Å². The van der Waals surface area contributed by atoms with Crippen molar-refractivity contribution in [1.29, 1.82) is 0 Å². The van der Waals surface area contributed by atoms with Crippen LogP contribution in [0.1, 0.15) is 25.7 Å². The number of amides is 4. The predicted molar refractivity (Wildman–Crippen MR) is 62.1 cm³/mol. The smallest absolute Gasteiger partial charge is 0.326 e. The zero-order chi connectivity index (χ0) is 14.0. The summed E-state index contributed by atoms with van der Waals surface area (Å²) >= 11 is 0. The number of carboxylic acid groups (broad SMARTS) is 1. The molecule has 0 aromatic rings. The Morgan fingerprint density at radius 1 is 1.32 bits per heavy atom. The van der Waals surface area contributed by atoms with E-state index in [9.17, 15) is 19.2 Å². The van der Waals surface area contributed by atoms with Gasteiger partial charge >= 0.3 is 12.0 Å². The highest BCUT2D eigenvalue weighted by molar-refractivity contribution is 6.01. The molecule has 2 aliphatic rings. The van der Waals surface area contributed by atoms with Crippen LogP contribution < -0.4 is 10.6 Å². The molecule has 8 heteroatoms. The van der Waals surface area contributed by atoms with Gasteiger partial charge in [0.2, 0.25) is 11.8 Å². The average Bonchev–Trinajstić information content (AvgIpc) is 2.82. The van der Waals surface area contributed by atoms with Crippen molar-refractivity contribution in [3.8, 4) is 0 Å². The van der Waals surface area contributed by atoms with Crippen molar-refractivity contribution in [1.82, 2.24) is 15.5 Å². The van der Waals surface area contributed by atoms with Crippen LogP contribution in [0.2, 0.25) is 0 Å². The summed E-state index contributed by atoms with van der Waals surface area (Å²) in [6, 6.07) is -2.19. The number of urea groups is 1. The van der Waals surface area contributed by atoms with Crippen LogP contribution in [0.5, 0.6) is 0 Å². The highest BCUT2D eigenvalue weighted by atomic mass is 16.4. The fourth-order valence-corrected chi connectivity index (χ4v) is 2.33. The molecule has 0 spiro atoms. The number of carbonyl (C=O) groups is 4. The first-order chi connectivity index (χ1) is 8.99. The lowest BCUT2D eigenvalue weighted by Gasteiger charge is -2.27. The van der Waals surface area contributed by atoms with Crippen molar-refractivity contribution in [2.45, 2.75) is 37.8 Å². The predicted octanol–water partition coefficient (Wildman–Crippen LogP) is -0.950. The number of nitrogens with zero attached hydrogens (tertiary/aromatic N) is 1. The number of nitrogens with one attached hydrogen (secondary N) is 2. The number of carbonyl (C=O) groups excluding carboxylic acids is 3. The van der Waals surface area contributed by atoms with Crippen LogP contribution in [-0.2, 0) is 14.4 Å². The summed E-state index contributed by atoms with van der Waals surface area (Å²) in [5, 5.41) is 13.6. The summed E-state index contributed by atoms with van der Waals surface area (Å²) in [5.74, 6) is -1.95. The lowest BCUT2D eigenvalue weighted by Crippen LogP contribution is -2.56. The zero-order valence-corrected chi connectivity index (χ0v) is 10.2. The minimum atomic E-state index is -1.05. The van der Waals surface area contributed by atoms with Crippen LogP contribution in [0, 0.1) is 0 Å². The second-order valence-corrected chi connectivity index (χ2v) is 4.64. The Hall–Kier alpha value is -2.12.